The summed E-state index contributed by atoms with van der Waals surface area (Å²) >= 11 is 0. The van der Waals surface area contributed by atoms with Crippen LogP contribution in [-0.4, -0.2) is 50.9 Å². The summed E-state index contributed by atoms with van der Waals surface area (Å²) in [6, 6.07) is 9.38. The van der Waals surface area contributed by atoms with Crippen molar-refractivity contribution in [3.8, 4) is 11.3 Å². The van der Waals surface area contributed by atoms with Crippen LogP contribution in [-0.2, 0) is 4.74 Å². The van der Waals surface area contributed by atoms with Crippen LogP contribution < -0.4 is 0 Å². The van der Waals surface area contributed by atoms with Gasteiger partial charge in [0, 0.05) is 12.1 Å². The first-order chi connectivity index (χ1) is 12.2. The molecule has 1 fully saturated rings. The number of hydrogen-bond acceptors (Lipinski definition) is 6. The maximum atomic E-state index is 12.9. The number of nitrogens with zero attached hydrogens (tertiary/aromatic N) is 4. The van der Waals surface area contributed by atoms with Crippen LogP contribution in [0.3, 0.4) is 0 Å². The topological polar surface area (TPSA) is 97.1 Å². The van der Waals surface area contributed by atoms with Crippen molar-refractivity contribution in [1.82, 2.24) is 25.2 Å². The first kappa shape index (κ1) is 15.5. The van der Waals surface area contributed by atoms with E-state index in [1.807, 2.05) is 31.2 Å². The van der Waals surface area contributed by atoms with E-state index in [-0.39, 0.29) is 11.9 Å². The number of carbonyl (C=O) groups is 1. The summed E-state index contributed by atoms with van der Waals surface area (Å²) < 4.78 is 10.3. The maximum Gasteiger partial charge on any atom is 0.272 e. The highest BCUT2D eigenvalue weighted by Gasteiger charge is 2.33. The van der Waals surface area contributed by atoms with Gasteiger partial charge in [0.2, 0.25) is 6.39 Å². The molecule has 1 atom stereocenters. The quantitative estimate of drug-likeness (QED) is 0.784. The number of morpholine rings is 1. The van der Waals surface area contributed by atoms with Gasteiger partial charge in [0.05, 0.1) is 18.9 Å². The van der Waals surface area contributed by atoms with Crippen molar-refractivity contribution >= 4 is 5.91 Å². The Morgan fingerprint density at radius 1 is 1.32 bits per heavy atom. The lowest BCUT2D eigenvalue weighted by molar-refractivity contribution is -0.00607. The number of benzene rings is 1. The monoisotopic (exact) mass is 339 g/mol. The molecule has 8 heteroatoms. The Kier molecular flexibility index (Phi) is 4.02. The highest BCUT2D eigenvalue weighted by atomic mass is 16.5. The summed E-state index contributed by atoms with van der Waals surface area (Å²) in [5.41, 5.74) is 3.28. The molecule has 1 amide bonds. The first-order valence-corrected chi connectivity index (χ1v) is 8.00. The van der Waals surface area contributed by atoms with Gasteiger partial charge in [-0.3, -0.25) is 9.89 Å². The van der Waals surface area contributed by atoms with Crippen molar-refractivity contribution in [1.29, 1.82) is 0 Å². The molecule has 128 valence electrons. The van der Waals surface area contributed by atoms with E-state index < -0.39 is 0 Å². The molecule has 0 unspecified atom stereocenters. The first-order valence-electron chi connectivity index (χ1n) is 8.00. The predicted octanol–water partition coefficient (Wildman–Crippen LogP) is 1.98. The van der Waals surface area contributed by atoms with Gasteiger partial charge in [0.15, 0.2) is 5.82 Å². The highest BCUT2D eigenvalue weighted by molar-refractivity contribution is 5.93. The zero-order valence-corrected chi connectivity index (χ0v) is 13.7. The summed E-state index contributed by atoms with van der Waals surface area (Å²) in [6.07, 6.45) is 1.25. The molecule has 0 radical (unpaired) electrons. The van der Waals surface area contributed by atoms with E-state index in [2.05, 4.69) is 20.3 Å². The molecule has 1 aromatic carbocycles. The number of aryl methyl sites for hydroxylation is 1. The van der Waals surface area contributed by atoms with Crippen LogP contribution >= 0.6 is 0 Å². The van der Waals surface area contributed by atoms with Gasteiger partial charge in [-0.2, -0.15) is 10.1 Å². The van der Waals surface area contributed by atoms with Crippen molar-refractivity contribution in [3.05, 3.63) is 53.8 Å². The van der Waals surface area contributed by atoms with Gasteiger partial charge in [-0.15, -0.1) is 0 Å². The van der Waals surface area contributed by atoms with E-state index in [0.29, 0.717) is 31.3 Å². The van der Waals surface area contributed by atoms with Crippen LogP contribution in [0.2, 0.25) is 0 Å². The molecule has 4 rings (SSSR count). The largest absolute Gasteiger partial charge is 0.377 e. The van der Waals surface area contributed by atoms with E-state index in [4.69, 9.17) is 9.26 Å². The number of H-pyrrole nitrogens is 1. The molecule has 0 saturated carbocycles. The van der Waals surface area contributed by atoms with Gasteiger partial charge >= 0.3 is 0 Å². The minimum absolute atomic E-state index is 0.163. The Balaban J connectivity index is 1.58. The molecular weight excluding hydrogens is 322 g/mol. The maximum absolute atomic E-state index is 12.9. The molecule has 1 aliphatic heterocycles. The van der Waals surface area contributed by atoms with Gasteiger partial charge in [-0.1, -0.05) is 35.0 Å². The normalized spacial score (nSPS) is 17.6. The van der Waals surface area contributed by atoms with Crippen LogP contribution in [0, 0.1) is 6.92 Å². The fraction of sp³-hybridized carbons (Fsp3) is 0.294. The zero-order valence-electron chi connectivity index (χ0n) is 13.7. The molecule has 8 nitrogen and oxygen atoms in total. The molecule has 3 heterocycles. The zero-order chi connectivity index (χ0) is 17.2. The van der Waals surface area contributed by atoms with E-state index in [0.717, 1.165) is 11.3 Å². The lowest BCUT2D eigenvalue weighted by Gasteiger charge is -2.33. The number of aromatic nitrogens is 4. The van der Waals surface area contributed by atoms with Gasteiger partial charge in [0.25, 0.3) is 5.91 Å². The average Bonchev–Trinajstić information content (AvgIpc) is 3.34. The molecule has 1 N–H and O–H groups in total. The Morgan fingerprint density at radius 3 is 2.92 bits per heavy atom. The second kappa shape index (κ2) is 6.48. The summed E-state index contributed by atoms with van der Waals surface area (Å²) in [5, 5.41) is 10.9. The van der Waals surface area contributed by atoms with Crippen molar-refractivity contribution in [3.63, 3.8) is 0 Å². The lowest BCUT2D eigenvalue weighted by Crippen LogP contribution is -2.44. The summed E-state index contributed by atoms with van der Waals surface area (Å²) in [5.74, 6) is 0.273. The third-order valence-electron chi connectivity index (χ3n) is 4.22. The van der Waals surface area contributed by atoms with Gasteiger partial charge in [-0.25, -0.2) is 0 Å². The van der Waals surface area contributed by atoms with E-state index in [1.54, 1.807) is 11.0 Å². The van der Waals surface area contributed by atoms with E-state index >= 15 is 0 Å². The van der Waals surface area contributed by atoms with Crippen molar-refractivity contribution in [2.75, 3.05) is 19.8 Å². The van der Waals surface area contributed by atoms with Crippen molar-refractivity contribution in [2.45, 2.75) is 13.0 Å². The standard InChI is InChI=1S/C17H17N5O3/c1-11-2-4-12(5-3-11)13-8-14(20-19-13)17(23)22-6-7-24-9-15(22)16-18-10-25-21-16/h2-5,8,10,15H,6-7,9H2,1H3,(H,19,20)/t15-/m0/s1. The number of amides is 1. The number of aromatic amines is 1. The highest BCUT2D eigenvalue weighted by Crippen LogP contribution is 2.24. The summed E-state index contributed by atoms with van der Waals surface area (Å²) in [6.45, 7) is 3.29. The van der Waals surface area contributed by atoms with Gasteiger partial charge in [-0.05, 0) is 13.0 Å². The van der Waals surface area contributed by atoms with Crippen LogP contribution in [0.15, 0.2) is 41.2 Å². The SMILES string of the molecule is Cc1ccc(-c2cc(C(=O)N3CCOC[C@H]3c3ncon3)[nH]n2)cc1. The van der Waals surface area contributed by atoms with Crippen molar-refractivity contribution in [2.24, 2.45) is 0 Å². The third kappa shape index (κ3) is 3.03. The van der Waals surface area contributed by atoms with Crippen LogP contribution in [0.25, 0.3) is 11.3 Å². The molecule has 0 aliphatic carbocycles. The third-order valence-corrected chi connectivity index (χ3v) is 4.22. The minimum atomic E-state index is -0.369. The molecule has 2 aromatic heterocycles. The Bertz CT molecular complexity index is 857. The molecule has 3 aromatic rings. The Labute approximate surface area is 143 Å². The lowest BCUT2D eigenvalue weighted by atomic mass is 10.1. The molecule has 0 bridgehead atoms. The fourth-order valence-electron chi connectivity index (χ4n) is 2.84. The molecule has 0 spiro atoms. The Morgan fingerprint density at radius 2 is 2.16 bits per heavy atom. The molecule has 25 heavy (non-hydrogen) atoms. The minimum Gasteiger partial charge on any atom is -0.377 e. The average molecular weight is 339 g/mol. The number of ether oxygens (including phenoxy) is 1. The molecule has 1 aliphatic rings. The van der Waals surface area contributed by atoms with Gasteiger partial charge < -0.3 is 14.2 Å². The second-order valence-corrected chi connectivity index (χ2v) is 5.91. The Hall–Kier alpha value is -3.00. The van der Waals surface area contributed by atoms with E-state index in [1.165, 1.54) is 12.0 Å². The van der Waals surface area contributed by atoms with Crippen molar-refractivity contribution < 1.29 is 14.1 Å². The van der Waals surface area contributed by atoms with E-state index in [9.17, 15) is 4.79 Å². The number of carbonyl (C=O) groups excluding carboxylic acids is 1. The van der Waals surface area contributed by atoms with Gasteiger partial charge in [0.1, 0.15) is 11.7 Å². The van der Waals surface area contributed by atoms with Crippen LogP contribution in [0.5, 0.6) is 0 Å². The van der Waals surface area contributed by atoms with Crippen LogP contribution in [0.4, 0.5) is 0 Å². The second-order valence-electron chi connectivity index (χ2n) is 5.91. The number of hydrogen-bond donors (Lipinski definition) is 1. The molecular formula is C17H17N5O3. The predicted molar refractivity (Wildman–Crippen MR) is 87.7 cm³/mol. The number of rotatable bonds is 3. The van der Waals surface area contributed by atoms with Crippen LogP contribution in [0.1, 0.15) is 27.9 Å². The summed E-state index contributed by atoms with van der Waals surface area (Å²) in [4.78, 5) is 18.6. The molecule has 1 saturated heterocycles. The fourth-order valence-corrected chi connectivity index (χ4v) is 2.84. The summed E-state index contributed by atoms with van der Waals surface area (Å²) in [7, 11) is 0. The smallest absolute Gasteiger partial charge is 0.272 e. The number of nitrogens with one attached hydrogen (secondary N) is 1.